The second-order valence-corrected chi connectivity index (χ2v) is 4.38. The van der Waals surface area contributed by atoms with Crippen LogP contribution >= 0.6 is 0 Å². The molecule has 0 saturated carbocycles. The molecular formula is C13H14N2O3. The predicted octanol–water partition coefficient (Wildman–Crippen LogP) is 1.08. The van der Waals surface area contributed by atoms with Crippen LogP contribution in [0.4, 0.5) is 0 Å². The Morgan fingerprint density at radius 2 is 2.11 bits per heavy atom. The molecule has 0 radical (unpaired) electrons. The van der Waals surface area contributed by atoms with Gasteiger partial charge < -0.3 is 9.47 Å². The van der Waals surface area contributed by atoms with Gasteiger partial charge in [0.2, 0.25) is 5.91 Å². The second-order valence-electron chi connectivity index (χ2n) is 4.38. The lowest BCUT2D eigenvalue weighted by molar-refractivity contribution is -0.121. The van der Waals surface area contributed by atoms with E-state index in [4.69, 9.17) is 9.47 Å². The zero-order chi connectivity index (χ0) is 12.4. The molecule has 1 aromatic rings. The van der Waals surface area contributed by atoms with Crippen LogP contribution in [0.1, 0.15) is 18.4 Å². The van der Waals surface area contributed by atoms with Gasteiger partial charge in [-0.15, -0.1) is 0 Å². The molecule has 2 aliphatic rings. The van der Waals surface area contributed by atoms with Crippen LogP contribution in [0.2, 0.25) is 0 Å². The Hall–Kier alpha value is -1.88. The van der Waals surface area contributed by atoms with E-state index in [2.05, 4.69) is 10.5 Å². The fourth-order valence-corrected chi connectivity index (χ4v) is 1.78. The van der Waals surface area contributed by atoms with Crippen molar-refractivity contribution in [2.75, 3.05) is 13.2 Å². The summed E-state index contributed by atoms with van der Waals surface area (Å²) in [5, 5.41) is 4.05. The number of carbonyl (C=O) groups excluding carboxylic acids is 1. The Bertz CT molecular complexity index is 478. The van der Waals surface area contributed by atoms with E-state index in [1.807, 2.05) is 24.3 Å². The number of carbonyl (C=O) groups is 1. The first kappa shape index (κ1) is 11.2. The predicted molar refractivity (Wildman–Crippen MR) is 65.6 cm³/mol. The molecule has 3 rings (SSSR count). The lowest BCUT2D eigenvalue weighted by Crippen LogP contribution is -2.25. The Morgan fingerprint density at radius 1 is 1.33 bits per heavy atom. The lowest BCUT2D eigenvalue weighted by Gasteiger charge is -2.12. The normalized spacial score (nSPS) is 22.1. The van der Waals surface area contributed by atoms with Gasteiger partial charge >= 0.3 is 0 Å². The Labute approximate surface area is 105 Å². The molecule has 5 heteroatoms. The van der Waals surface area contributed by atoms with Crippen LogP contribution in [0.5, 0.6) is 5.75 Å². The summed E-state index contributed by atoms with van der Waals surface area (Å²) in [6.07, 6.45) is 1.44. The quantitative estimate of drug-likeness (QED) is 0.808. The van der Waals surface area contributed by atoms with Crippen molar-refractivity contribution in [1.29, 1.82) is 0 Å². The smallest absolute Gasteiger partial charge is 0.240 e. The number of hydrogen-bond acceptors (Lipinski definition) is 4. The number of hydrogen-bond donors (Lipinski definition) is 1. The van der Waals surface area contributed by atoms with E-state index in [0.717, 1.165) is 23.6 Å². The number of benzene rings is 1. The molecule has 18 heavy (non-hydrogen) atoms. The first-order valence-corrected chi connectivity index (χ1v) is 6.01. The Morgan fingerprint density at radius 3 is 2.72 bits per heavy atom. The third-order valence-corrected chi connectivity index (χ3v) is 2.93. The summed E-state index contributed by atoms with van der Waals surface area (Å²) in [6.45, 7) is 1.41. The van der Waals surface area contributed by atoms with Crippen molar-refractivity contribution in [3.63, 3.8) is 0 Å². The van der Waals surface area contributed by atoms with E-state index >= 15 is 0 Å². The highest BCUT2D eigenvalue weighted by atomic mass is 16.6. The maximum absolute atomic E-state index is 11.0. The van der Waals surface area contributed by atoms with E-state index in [-0.39, 0.29) is 12.0 Å². The molecular weight excluding hydrogens is 232 g/mol. The largest absolute Gasteiger partial charge is 0.491 e. The number of ether oxygens (including phenoxy) is 2. The molecule has 1 fully saturated rings. The minimum atomic E-state index is -0.0249. The molecule has 1 saturated heterocycles. The van der Waals surface area contributed by atoms with Crippen LogP contribution in [-0.2, 0) is 9.53 Å². The number of amides is 1. The zero-order valence-corrected chi connectivity index (χ0v) is 9.89. The maximum Gasteiger partial charge on any atom is 0.240 e. The van der Waals surface area contributed by atoms with Crippen LogP contribution in [0.25, 0.3) is 0 Å². The van der Waals surface area contributed by atoms with Crippen molar-refractivity contribution in [1.82, 2.24) is 5.43 Å². The standard InChI is InChI=1S/C13H14N2O3/c16-13-6-5-12(14-15-13)9-1-3-10(4-2-9)17-7-11-8-18-11/h1-4,11H,5-8H2,(H,15,16). The summed E-state index contributed by atoms with van der Waals surface area (Å²) in [4.78, 5) is 11.0. The first-order valence-electron chi connectivity index (χ1n) is 6.01. The maximum atomic E-state index is 11.0. The van der Waals surface area contributed by atoms with Gasteiger partial charge in [0.1, 0.15) is 18.5 Å². The topological polar surface area (TPSA) is 63.2 Å². The second kappa shape index (κ2) is 4.78. The number of nitrogens with one attached hydrogen (secondary N) is 1. The summed E-state index contributed by atoms with van der Waals surface area (Å²) < 4.78 is 10.6. The van der Waals surface area contributed by atoms with E-state index in [1.54, 1.807) is 0 Å². The van der Waals surface area contributed by atoms with Gasteiger partial charge in [-0.25, -0.2) is 5.43 Å². The van der Waals surface area contributed by atoms with Crippen molar-refractivity contribution >= 4 is 11.6 Å². The van der Waals surface area contributed by atoms with Gasteiger partial charge in [-0.3, -0.25) is 4.79 Å². The van der Waals surface area contributed by atoms with Gasteiger partial charge in [0, 0.05) is 12.8 Å². The van der Waals surface area contributed by atoms with Crippen LogP contribution in [0.3, 0.4) is 0 Å². The van der Waals surface area contributed by atoms with Gasteiger partial charge in [0.15, 0.2) is 0 Å². The van der Waals surface area contributed by atoms with Crippen molar-refractivity contribution in [3.8, 4) is 5.75 Å². The molecule has 1 N–H and O–H groups in total. The molecule has 0 aromatic heterocycles. The van der Waals surface area contributed by atoms with Crippen molar-refractivity contribution in [2.24, 2.45) is 5.10 Å². The lowest BCUT2D eigenvalue weighted by atomic mass is 10.0. The molecule has 2 aliphatic heterocycles. The molecule has 0 bridgehead atoms. The van der Waals surface area contributed by atoms with E-state index < -0.39 is 0 Å². The fraction of sp³-hybridized carbons (Fsp3) is 0.385. The summed E-state index contributed by atoms with van der Waals surface area (Å²) in [7, 11) is 0. The monoisotopic (exact) mass is 246 g/mol. The van der Waals surface area contributed by atoms with E-state index in [1.165, 1.54) is 0 Å². The Balaban J connectivity index is 1.64. The van der Waals surface area contributed by atoms with Crippen LogP contribution in [0.15, 0.2) is 29.4 Å². The van der Waals surface area contributed by atoms with Gasteiger partial charge in [-0.2, -0.15) is 5.10 Å². The molecule has 1 unspecified atom stereocenters. The third kappa shape index (κ3) is 2.68. The Kier molecular flexibility index (Phi) is 2.98. The van der Waals surface area contributed by atoms with Crippen LogP contribution in [0, 0.1) is 0 Å². The van der Waals surface area contributed by atoms with Crippen LogP contribution < -0.4 is 10.2 Å². The molecule has 0 spiro atoms. The van der Waals surface area contributed by atoms with Gasteiger partial charge in [0.25, 0.3) is 0 Å². The van der Waals surface area contributed by atoms with Crippen molar-refractivity contribution < 1.29 is 14.3 Å². The molecule has 5 nitrogen and oxygen atoms in total. The third-order valence-electron chi connectivity index (χ3n) is 2.93. The molecule has 1 amide bonds. The number of nitrogens with zero attached hydrogens (tertiary/aromatic N) is 1. The highest BCUT2D eigenvalue weighted by Gasteiger charge is 2.23. The summed E-state index contributed by atoms with van der Waals surface area (Å²) in [5.74, 6) is 0.804. The number of hydrazone groups is 1. The van der Waals surface area contributed by atoms with Crippen molar-refractivity contribution in [2.45, 2.75) is 18.9 Å². The average Bonchev–Trinajstić information content (AvgIpc) is 3.22. The number of epoxide rings is 1. The molecule has 0 aliphatic carbocycles. The number of rotatable bonds is 4. The van der Waals surface area contributed by atoms with E-state index in [0.29, 0.717) is 19.4 Å². The van der Waals surface area contributed by atoms with Crippen LogP contribution in [-0.4, -0.2) is 30.9 Å². The molecule has 1 atom stereocenters. The SMILES string of the molecule is O=C1CCC(c2ccc(OCC3CO3)cc2)=NN1. The summed E-state index contributed by atoms with van der Waals surface area (Å²) in [5.41, 5.74) is 4.42. The van der Waals surface area contributed by atoms with Crippen molar-refractivity contribution in [3.05, 3.63) is 29.8 Å². The first-order chi connectivity index (χ1) is 8.81. The summed E-state index contributed by atoms with van der Waals surface area (Å²) >= 11 is 0. The molecule has 2 heterocycles. The van der Waals surface area contributed by atoms with Gasteiger partial charge in [0.05, 0.1) is 12.3 Å². The highest BCUT2D eigenvalue weighted by Crippen LogP contribution is 2.17. The fourth-order valence-electron chi connectivity index (χ4n) is 1.78. The summed E-state index contributed by atoms with van der Waals surface area (Å²) in [6, 6.07) is 7.74. The molecule has 94 valence electrons. The minimum Gasteiger partial charge on any atom is -0.491 e. The van der Waals surface area contributed by atoms with E-state index in [9.17, 15) is 4.79 Å². The average molecular weight is 246 g/mol. The molecule has 1 aromatic carbocycles. The zero-order valence-electron chi connectivity index (χ0n) is 9.89. The van der Waals surface area contributed by atoms with Gasteiger partial charge in [-0.1, -0.05) is 0 Å². The minimum absolute atomic E-state index is 0.0249. The van der Waals surface area contributed by atoms with Gasteiger partial charge in [-0.05, 0) is 29.8 Å². The highest BCUT2D eigenvalue weighted by molar-refractivity contribution is 6.04.